The highest BCUT2D eigenvalue weighted by molar-refractivity contribution is 5.22. The summed E-state index contributed by atoms with van der Waals surface area (Å²) in [6.45, 7) is 2.20. The Bertz CT molecular complexity index is 554. The molecule has 6 heteroatoms. The van der Waals surface area contributed by atoms with Crippen molar-refractivity contribution in [3.05, 3.63) is 47.0 Å². The third kappa shape index (κ3) is 2.24. The largest absolute Gasteiger partial charge is 0.388 e. The molecule has 0 saturated heterocycles. The second-order valence-electron chi connectivity index (χ2n) is 3.82. The van der Waals surface area contributed by atoms with Crippen LogP contribution >= 0.6 is 0 Å². The van der Waals surface area contributed by atoms with Gasteiger partial charge in [-0.15, -0.1) is 10.2 Å². The lowest BCUT2D eigenvalue weighted by Gasteiger charge is -2.07. The number of rotatable bonds is 4. The second kappa shape index (κ2) is 5.22. The first-order valence-corrected chi connectivity index (χ1v) is 5.62. The minimum atomic E-state index is -0.877. The smallest absolute Gasteiger partial charge is 0.162 e. The summed E-state index contributed by atoms with van der Waals surface area (Å²) >= 11 is 0. The zero-order chi connectivity index (χ0) is 13.1. The number of aliphatic hydroxyl groups excluding tert-OH is 1. The maximum atomic E-state index is 13.5. The highest BCUT2D eigenvalue weighted by Crippen LogP contribution is 2.15. The molecular weight excluding hydrogens is 240 g/mol. The predicted molar refractivity (Wildman–Crippen MR) is 60.8 cm³/mol. The minimum Gasteiger partial charge on any atom is -0.388 e. The number of benzene rings is 1. The summed E-state index contributed by atoms with van der Waals surface area (Å²) in [7, 11) is 0. The van der Waals surface area contributed by atoms with Crippen molar-refractivity contribution in [1.82, 2.24) is 14.8 Å². The normalized spacial score (nSPS) is 10.9. The topological polar surface area (TPSA) is 50.9 Å². The number of hydrogen-bond donors (Lipinski definition) is 1. The molecule has 2 aromatic rings. The van der Waals surface area contributed by atoms with Gasteiger partial charge in [-0.25, -0.2) is 8.78 Å². The fourth-order valence-electron chi connectivity index (χ4n) is 1.84. The van der Waals surface area contributed by atoms with Crippen molar-refractivity contribution in [2.45, 2.75) is 26.5 Å². The molecule has 0 aliphatic rings. The Hall–Kier alpha value is -1.82. The van der Waals surface area contributed by atoms with Crippen LogP contribution < -0.4 is 0 Å². The van der Waals surface area contributed by atoms with E-state index in [0.717, 1.165) is 6.07 Å². The highest BCUT2D eigenvalue weighted by atomic mass is 19.2. The van der Waals surface area contributed by atoms with Gasteiger partial charge < -0.3 is 9.67 Å². The predicted octanol–water partition coefficient (Wildman–Crippen LogP) is 1.66. The summed E-state index contributed by atoms with van der Waals surface area (Å²) in [5, 5.41) is 16.8. The Kier molecular flexibility index (Phi) is 3.66. The van der Waals surface area contributed by atoms with Crippen LogP contribution in [0.3, 0.4) is 0 Å². The zero-order valence-electron chi connectivity index (χ0n) is 9.90. The van der Waals surface area contributed by atoms with Gasteiger partial charge in [-0.1, -0.05) is 12.1 Å². The van der Waals surface area contributed by atoms with Crippen molar-refractivity contribution in [2.75, 3.05) is 0 Å². The van der Waals surface area contributed by atoms with Crippen molar-refractivity contribution < 1.29 is 13.9 Å². The van der Waals surface area contributed by atoms with Crippen molar-refractivity contribution in [1.29, 1.82) is 0 Å². The van der Waals surface area contributed by atoms with Gasteiger partial charge in [0.1, 0.15) is 12.4 Å². The maximum Gasteiger partial charge on any atom is 0.162 e. The average Bonchev–Trinajstić information content (AvgIpc) is 2.77. The molecular formula is C12H13F2N3O. The fourth-order valence-corrected chi connectivity index (χ4v) is 1.84. The molecule has 4 nitrogen and oxygen atoms in total. The average molecular weight is 253 g/mol. The lowest BCUT2D eigenvalue weighted by Crippen LogP contribution is -2.07. The molecule has 96 valence electrons. The van der Waals surface area contributed by atoms with Gasteiger partial charge in [-0.2, -0.15) is 0 Å². The Labute approximate surface area is 103 Å². The van der Waals surface area contributed by atoms with Gasteiger partial charge in [0.05, 0.1) is 0 Å². The van der Waals surface area contributed by atoms with Crippen LogP contribution in [0.25, 0.3) is 0 Å². The van der Waals surface area contributed by atoms with E-state index in [2.05, 4.69) is 10.2 Å². The van der Waals surface area contributed by atoms with Crippen LogP contribution in [-0.2, 0) is 19.6 Å². The molecule has 0 aliphatic heterocycles. The van der Waals surface area contributed by atoms with E-state index in [-0.39, 0.29) is 18.6 Å². The molecule has 0 amide bonds. The first-order valence-electron chi connectivity index (χ1n) is 5.62. The summed E-state index contributed by atoms with van der Waals surface area (Å²) in [6, 6.07) is 4.03. The molecule has 0 aliphatic carbocycles. The molecule has 18 heavy (non-hydrogen) atoms. The van der Waals surface area contributed by atoms with E-state index in [1.54, 1.807) is 4.57 Å². The molecule has 1 aromatic carbocycles. The molecule has 1 heterocycles. The molecule has 2 rings (SSSR count). The van der Waals surface area contributed by atoms with Gasteiger partial charge in [-0.3, -0.25) is 0 Å². The van der Waals surface area contributed by atoms with Crippen molar-refractivity contribution in [3.63, 3.8) is 0 Å². The minimum absolute atomic E-state index is 0.143. The zero-order valence-corrected chi connectivity index (χ0v) is 9.90. The highest BCUT2D eigenvalue weighted by Gasteiger charge is 2.14. The van der Waals surface area contributed by atoms with Crippen LogP contribution in [0.4, 0.5) is 8.78 Å². The van der Waals surface area contributed by atoms with Gasteiger partial charge in [0.15, 0.2) is 17.5 Å². The first kappa shape index (κ1) is 12.6. The van der Waals surface area contributed by atoms with Crippen molar-refractivity contribution in [3.8, 4) is 0 Å². The summed E-state index contributed by atoms with van der Waals surface area (Å²) < 4.78 is 28.3. The number of hydrogen-bond acceptors (Lipinski definition) is 3. The van der Waals surface area contributed by atoms with E-state index in [1.165, 1.54) is 12.1 Å². The Morgan fingerprint density at radius 1 is 1.22 bits per heavy atom. The molecule has 0 spiro atoms. The summed E-state index contributed by atoms with van der Waals surface area (Å²) in [5.41, 5.74) is 0.224. The quantitative estimate of drug-likeness (QED) is 0.901. The number of aliphatic hydroxyl groups is 1. The van der Waals surface area contributed by atoms with Gasteiger partial charge in [-0.05, 0) is 18.6 Å². The van der Waals surface area contributed by atoms with Crippen LogP contribution in [-0.4, -0.2) is 19.9 Å². The van der Waals surface area contributed by atoms with Gasteiger partial charge in [0, 0.05) is 13.0 Å². The third-order valence-electron chi connectivity index (χ3n) is 2.74. The van der Waals surface area contributed by atoms with Crippen LogP contribution in [0.1, 0.15) is 24.1 Å². The number of halogens is 2. The molecule has 0 radical (unpaired) electrons. The molecule has 0 unspecified atom stereocenters. The number of aromatic nitrogens is 3. The summed E-state index contributed by atoms with van der Waals surface area (Å²) in [5.74, 6) is -0.818. The standard InChI is InChI=1S/C12H13F2N3O/c1-2-17-10(15-16-11(17)7-18)6-8-4-3-5-9(13)12(8)14/h3-5,18H,2,6-7H2,1H3. The SMILES string of the molecule is CCn1c(CO)nnc1Cc1cccc(F)c1F. The maximum absolute atomic E-state index is 13.5. The van der Waals surface area contributed by atoms with Crippen LogP contribution in [0.2, 0.25) is 0 Å². The van der Waals surface area contributed by atoms with Gasteiger partial charge in [0.25, 0.3) is 0 Å². The lowest BCUT2D eigenvalue weighted by molar-refractivity contribution is 0.264. The second-order valence-corrected chi connectivity index (χ2v) is 3.82. The van der Waals surface area contributed by atoms with E-state index < -0.39 is 11.6 Å². The molecule has 0 atom stereocenters. The van der Waals surface area contributed by atoms with Crippen LogP contribution in [0, 0.1) is 11.6 Å². The van der Waals surface area contributed by atoms with Crippen molar-refractivity contribution in [2.24, 2.45) is 0 Å². The first-order chi connectivity index (χ1) is 8.67. The van der Waals surface area contributed by atoms with E-state index in [0.29, 0.717) is 18.2 Å². The van der Waals surface area contributed by atoms with E-state index in [4.69, 9.17) is 5.11 Å². The molecule has 1 aromatic heterocycles. The van der Waals surface area contributed by atoms with Gasteiger partial charge in [0.2, 0.25) is 0 Å². The fraction of sp³-hybridized carbons (Fsp3) is 0.333. The van der Waals surface area contributed by atoms with Crippen molar-refractivity contribution >= 4 is 0 Å². The Balaban J connectivity index is 2.34. The van der Waals surface area contributed by atoms with Crippen LogP contribution in [0.15, 0.2) is 18.2 Å². The van der Waals surface area contributed by atoms with Gasteiger partial charge >= 0.3 is 0 Å². The van der Waals surface area contributed by atoms with E-state index in [1.807, 2.05) is 6.92 Å². The van der Waals surface area contributed by atoms with Crippen LogP contribution in [0.5, 0.6) is 0 Å². The number of nitrogens with zero attached hydrogens (tertiary/aromatic N) is 3. The molecule has 0 saturated carbocycles. The van der Waals surface area contributed by atoms with E-state index >= 15 is 0 Å². The van der Waals surface area contributed by atoms with E-state index in [9.17, 15) is 8.78 Å². The lowest BCUT2D eigenvalue weighted by atomic mass is 10.1. The summed E-state index contributed by atoms with van der Waals surface area (Å²) in [6.07, 6.45) is 0.143. The Morgan fingerprint density at radius 3 is 2.61 bits per heavy atom. The third-order valence-corrected chi connectivity index (χ3v) is 2.74. The molecule has 1 N–H and O–H groups in total. The Morgan fingerprint density at radius 2 is 1.94 bits per heavy atom. The molecule has 0 fully saturated rings. The molecule has 0 bridgehead atoms. The monoisotopic (exact) mass is 253 g/mol. The summed E-state index contributed by atoms with van der Waals surface area (Å²) in [4.78, 5) is 0.